The summed E-state index contributed by atoms with van der Waals surface area (Å²) in [7, 11) is 0. The van der Waals surface area contributed by atoms with Crippen molar-refractivity contribution >= 4 is 16.9 Å². The number of nitrogens with zero attached hydrogens (tertiary/aromatic N) is 3. The Kier molecular flexibility index (Phi) is 5.77. The maximum atomic E-state index is 5.77. The van der Waals surface area contributed by atoms with E-state index in [0.717, 1.165) is 65.5 Å². The van der Waals surface area contributed by atoms with Crippen molar-refractivity contribution in [1.82, 2.24) is 14.5 Å². The molecular formula is C26H28N4O2. The van der Waals surface area contributed by atoms with Crippen molar-refractivity contribution in [2.45, 2.75) is 32.7 Å². The second-order valence-electron chi connectivity index (χ2n) is 8.16. The van der Waals surface area contributed by atoms with E-state index in [0.29, 0.717) is 12.6 Å². The Balaban J connectivity index is 1.69. The lowest BCUT2D eigenvalue weighted by Crippen LogP contribution is -2.28. The van der Waals surface area contributed by atoms with Gasteiger partial charge in [-0.25, -0.2) is 9.97 Å². The molecule has 164 valence electrons. The highest BCUT2D eigenvalue weighted by Gasteiger charge is 2.21. The summed E-state index contributed by atoms with van der Waals surface area (Å²) < 4.78 is 13.5. The van der Waals surface area contributed by atoms with Crippen LogP contribution in [0.5, 0.6) is 5.75 Å². The van der Waals surface area contributed by atoms with Gasteiger partial charge in [0.2, 0.25) is 0 Å². The number of anilines is 1. The normalized spacial score (nSPS) is 14.6. The summed E-state index contributed by atoms with van der Waals surface area (Å²) in [5.41, 5.74) is 5.34. The van der Waals surface area contributed by atoms with Gasteiger partial charge in [-0.15, -0.1) is 0 Å². The second kappa shape index (κ2) is 9.01. The zero-order chi connectivity index (χ0) is 21.9. The molecule has 6 nitrogen and oxygen atoms in total. The number of benzene rings is 2. The van der Waals surface area contributed by atoms with E-state index in [-0.39, 0.29) is 0 Å². The van der Waals surface area contributed by atoms with Gasteiger partial charge in [-0.2, -0.15) is 0 Å². The number of hydrogen-bond acceptors (Lipinski definition) is 5. The fourth-order valence-corrected chi connectivity index (χ4v) is 4.32. The summed E-state index contributed by atoms with van der Waals surface area (Å²) in [6.07, 6.45) is 5.75. The number of ether oxygens (including phenoxy) is 2. The van der Waals surface area contributed by atoms with Crippen LogP contribution in [0.3, 0.4) is 0 Å². The van der Waals surface area contributed by atoms with Crippen molar-refractivity contribution in [3.05, 3.63) is 66.6 Å². The topological polar surface area (TPSA) is 61.2 Å². The first-order chi connectivity index (χ1) is 15.7. The molecule has 1 N–H and O–H groups in total. The molecule has 6 heteroatoms. The Bertz CT molecular complexity index is 1230. The monoisotopic (exact) mass is 428 g/mol. The zero-order valence-electron chi connectivity index (χ0n) is 18.5. The van der Waals surface area contributed by atoms with E-state index in [1.807, 2.05) is 19.1 Å². The Labute approximate surface area is 188 Å². The molecule has 0 aliphatic carbocycles. The number of fused-ring (bicyclic) bond motifs is 1. The fourth-order valence-electron chi connectivity index (χ4n) is 4.32. The highest BCUT2D eigenvalue weighted by molar-refractivity contribution is 6.02. The van der Waals surface area contributed by atoms with Gasteiger partial charge in [0.1, 0.15) is 17.9 Å². The van der Waals surface area contributed by atoms with Gasteiger partial charge in [0.15, 0.2) is 5.65 Å². The predicted octanol–water partition coefficient (Wildman–Crippen LogP) is 5.39. The SMILES string of the molecule is CCOc1cccc(-c2cn(-c3cccc(C)c3)c3ncnc(NC4CCOCC4)c23)c1. The third kappa shape index (κ3) is 4.06. The molecule has 1 fully saturated rings. The maximum absolute atomic E-state index is 5.77. The van der Waals surface area contributed by atoms with E-state index in [4.69, 9.17) is 14.5 Å². The first-order valence-electron chi connectivity index (χ1n) is 11.2. The van der Waals surface area contributed by atoms with Crippen LogP contribution in [0, 0.1) is 6.92 Å². The molecule has 0 bridgehead atoms. The van der Waals surface area contributed by atoms with Crippen molar-refractivity contribution in [2.24, 2.45) is 0 Å². The Morgan fingerprint density at radius 3 is 2.75 bits per heavy atom. The van der Waals surface area contributed by atoms with Gasteiger partial charge in [0.05, 0.1) is 12.0 Å². The summed E-state index contributed by atoms with van der Waals surface area (Å²) in [5.74, 6) is 1.72. The minimum Gasteiger partial charge on any atom is -0.494 e. The van der Waals surface area contributed by atoms with Crippen molar-refractivity contribution < 1.29 is 9.47 Å². The first kappa shape index (κ1) is 20.5. The quantitative estimate of drug-likeness (QED) is 0.446. The lowest BCUT2D eigenvalue weighted by molar-refractivity contribution is 0.0904. The molecule has 1 saturated heterocycles. The van der Waals surface area contributed by atoms with Crippen LogP contribution in [-0.2, 0) is 4.74 Å². The molecule has 2 aromatic heterocycles. The molecule has 4 aromatic rings. The third-order valence-electron chi connectivity index (χ3n) is 5.88. The summed E-state index contributed by atoms with van der Waals surface area (Å²) in [6.45, 7) is 6.29. The van der Waals surface area contributed by atoms with Crippen LogP contribution in [-0.4, -0.2) is 40.4 Å². The van der Waals surface area contributed by atoms with Crippen LogP contribution >= 0.6 is 0 Å². The van der Waals surface area contributed by atoms with Gasteiger partial charge in [-0.3, -0.25) is 0 Å². The maximum Gasteiger partial charge on any atom is 0.150 e. The van der Waals surface area contributed by atoms with E-state index in [2.05, 4.69) is 64.4 Å². The van der Waals surface area contributed by atoms with Gasteiger partial charge in [-0.05, 0) is 62.1 Å². The molecule has 1 aliphatic heterocycles. The standard InChI is InChI=1S/C26H28N4O2/c1-3-32-22-9-5-7-19(15-22)23-16-30(21-8-4-6-18(2)14-21)26-24(23)25(27-17-28-26)29-20-10-12-31-13-11-20/h4-9,14-17,20H,3,10-13H2,1-2H3,(H,27,28,29). The second-order valence-corrected chi connectivity index (χ2v) is 8.16. The highest BCUT2D eigenvalue weighted by Crippen LogP contribution is 2.37. The number of nitrogens with one attached hydrogen (secondary N) is 1. The number of rotatable bonds is 6. The smallest absolute Gasteiger partial charge is 0.150 e. The minimum atomic E-state index is 0.340. The van der Waals surface area contributed by atoms with E-state index in [9.17, 15) is 0 Å². The van der Waals surface area contributed by atoms with Crippen molar-refractivity contribution in [2.75, 3.05) is 25.1 Å². The lowest BCUT2D eigenvalue weighted by atomic mass is 10.0. The van der Waals surface area contributed by atoms with E-state index >= 15 is 0 Å². The molecule has 0 atom stereocenters. The van der Waals surface area contributed by atoms with Crippen LogP contribution in [0.2, 0.25) is 0 Å². The average molecular weight is 429 g/mol. The zero-order valence-corrected chi connectivity index (χ0v) is 18.5. The van der Waals surface area contributed by atoms with Gasteiger partial charge in [0.25, 0.3) is 0 Å². The van der Waals surface area contributed by atoms with Gasteiger partial charge in [0, 0.05) is 36.7 Å². The Morgan fingerprint density at radius 2 is 1.94 bits per heavy atom. The summed E-state index contributed by atoms with van der Waals surface area (Å²) in [4.78, 5) is 9.36. The average Bonchev–Trinajstić information content (AvgIpc) is 3.21. The third-order valence-corrected chi connectivity index (χ3v) is 5.88. The van der Waals surface area contributed by atoms with Gasteiger partial charge < -0.3 is 19.4 Å². The van der Waals surface area contributed by atoms with E-state index in [1.54, 1.807) is 6.33 Å². The van der Waals surface area contributed by atoms with Crippen molar-refractivity contribution in [3.63, 3.8) is 0 Å². The number of aromatic nitrogens is 3. The summed E-state index contributed by atoms with van der Waals surface area (Å²) in [6, 6.07) is 17.0. The molecule has 1 aliphatic rings. The van der Waals surface area contributed by atoms with Crippen LogP contribution in [0.15, 0.2) is 61.1 Å². The molecular weight excluding hydrogens is 400 g/mol. The van der Waals surface area contributed by atoms with Crippen molar-refractivity contribution in [3.8, 4) is 22.6 Å². The van der Waals surface area contributed by atoms with Gasteiger partial charge >= 0.3 is 0 Å². The van der Waals surface area contributed by atoms with Crippen LogP contribution in [0.1, 0.15) is 25.3 Å². The van der Waals surface area contributed by atoms with E-state index < -0.39 is 0 Å². The van der Waals surface area contributed by atoms with E-state index in [1.165, 1.54) is 5.56 Å². The Morgan fingerprint density at radius 1 is 1.09 bits per heavy atom. The van der Waals surface area contributed by atoms with Crippen LogP contribution in [0.4, 0.5) is 5.82 Å². The molecule has 5 rings (SSSR count). The fraction of sp³-hybridized carbons (Fsp3) is 0.308. The van der Waals surface area contributed by atoms with Crippen LogP contribution < -0.4 is 10.1 Å². The number of hydrogen-bond donors (Lipinski definition) is 1. The molecule has 32 heavy (non-hydrogen) atoms. The molecule has 0 unspecified atom stereocenters. The number of aryl methyl sites for hydroxylation is 1. The predicted molar refractivity (Wildman–Crippen MR) is 128 cm³/mol. The Hall–Kier alpha value is -3.38. The van der Waals surface area contributed by atoms with Crippen molar-refractivity contribution in [1.29, 1.82) is 0 Å². The molecule has 0 spiro atoms. The van der Waals surface area contributed by atoms with Gasteiger partial charge in [-0.1, -0.05) is 24.3 Å². The molecule has 3 heterocycles. The van der Waals surface area contributed by atoms with Crippen LogP contribution in [0.25, 0.3) is 27.8 Å². The molecule has 0 amide bonds. The minimum absolute atomic E-state index is 0.340. The summed E-state index contributed by atoms with van der Waals surface area (Å²) >= 11 is 0. The summed E-state index contributed by atoms with van der Waals surface area (Å²) in [5, 5.41) is 4.70. The first-order valence-corrected chi connectivity index (χ1v) is 11.2. The molecule has 2 aromatic carbocycles. The lowest BCUT2D eigenvalue weighted by Gasteiger charge is -2.24. The molecule has 0 saturated carbocycles. The highest BCUT2D eigenvalue weighted by atomic mass is 16.5. The largest absolute Gasteiger partial charge is 0.494 e. The molecule has 0 radical (unpaired) electrons.